The van der Waals surface area contributed by atoms with Crippen LogP contribution in [-0.4, -0.2) is 41.3 Å². The number of rotatable bonds is 6. The fourth-order valence-electron chi connectivity index (χ4n) is 3.98. The van der Waals surface area contributed by atoms with Crippen LogP contribution in [0.2, 0.25) is 19.6 Å². The number of ether oxygens (including phenoxy) is 3. The molecule has 3 aromatic carbocycles. The fraction of sp³-hybridized carbons (Fsp3) is 0.231. The molecule has 0 aliphatic heterocycles. The zero-order valence-corrected chi connectivity index (χ0v) is 20.3. The van der Waals surface area contributed by atoms with Crippen LogP contribution < -0.4 is 0 Å². The van der Waals surface area contributed by atoms with Gasteiger partial charge < -0.3 is 14.2 Å². The molecule has 166 valence electrons. The highest BCUT2D eigenvalue weighted by atomic mass is 28.3. The first-order valence-corrected chi connectivity index (χ1v) is 13.8. The van der Waals surface area contributed by atoms with Gasteiger partial charge in [0.2, 0.25) is 0 Å². The quantitative estimate of drug-likeness (QED) is 0.206. The number of esters is 2. The SMILES string of the molecule is COC(=O)c1cc2ccccc2c(/C(=C(/OC)c2ccccc2)[Si](C)(C)C)c1C(=O)OC. The number of benzene rings is 3. The molecule has 32 heavy (non-hydrogen) atoms. The maximum atomic E-state index is 13.1. The van der Waals surface area contributed by atoms with Crippen molar-refractivity contribution in [2.75, 3.05) is 21.3 Å². The summed E-state index contributed by atoms with van der Waals surface area (Å²) in [5.41, 5.74) is 1.93. The first-order chi connectivity index (χ1) is 15.2. The lowest BCUT2D eigenvalue weighted by molar-refractivity contribution is 0.0555. The van der Waals surface area contributed by atoms with Gasteiger partial charge >= 0.3 is 11.9 Å². The van der Waals surface area contributed by atoms with Crippen LogP contribution in [0.4, 0.5) is 0 Å². The summed E-state index contributed by atoms with van der Waals surface area (Å²) in [7, 11) is 2.07. The smallest absolute Gasteiger partial charge is 0.339 e. The Morgan fingerprint density at radius 3 is 1.88 bits per heavy atom. The predicted molar refractivity (Wildman–Crippen MR) is 130 cm³/mol. The summed E-state index contributed by atoms with van der Waals surface area (Å²) < 4.78 is 16.1. The van der Waals surface area contributed by atoms with E-state index in [-0.39, 0.29) is 11.1 Å². The zero-order valence-electron chi connectivity index (χ0n) is 19.3. The van der Waals surface area contributed by atoms with Crippen molar-refractivity contribution in [2.45, 2.75) is 19.6 Å². The molecule has 0 bridgehead atoms. The lowest BCUT2D eigenvalue weighted by Gasteiger charge is -2.28. The van der Waals surface area contributed by atoms with Crippen LogP contribution in [0, 0.1) is 0 Å². The molecule has 0 amide bonds. The lowest BCUT2D eigenvalue weighted by Crippen LogP contribution is -2.27. The van der Waals surface area contributed by atoms with Crippen molar-refractivity contribution in [1.29, 1.82) is 0 Å². The summed E-state index contributed by atoms with van der Waals surface area (Å²) in [6.07, 6.45) is 0. The van der Waals surface area contributed by atoms with Gasteiger partial charge in [-0.2, -0.15) is 0 Å². The summed E-state index contributed by atoms with van der Waals surface area (Å²) in [6.45, 7) is 6.56. The molecule has 3 aromatic rings. The summed E-state index contributed by atoms with van der Waals surface area (Å²) in [6, 6.07) is 19.2. The highest BCUT2D eigenvalue weighted by Gasteiger charge is 2.34. The second kappa shape index (κ2) is 9.40. The standard InChI is InChI=1S/C26H28O5Si/c1-29-23(17-12-8-7-9-13-17)24(32(4,5)6)21-19-15-11-10-14-18(19)16-20(25(27)30-2)22(21)26(28)31-3/h7-16H,1-6H3/b24-23-. The Morgan fingerprint density at radius 2 is 1.31 bits per heavy atom. The van der Waals surface area contributed by atoms with Crippen LogP contribution in [0.3, 0.4) is 0 Å². The van der Waals surface area contributed by atoms with Crippen LogP contribution in [0.25, 0.3) is 21.7 Å². The molecule has 0 spiro atoms. The maximum absolute atomic E-state index is 13.1. The molecule has 0 N–H and O–H groups in total. The fourth-order valence-corrected chi connectivity index (χ4v) is 5.91. The van der Waals surface area contributed by atoms with Gasteiger partial charge in [-0.1, -0.05) is 74.2 Å². The third-order valence-electron chi connectivity index (χ3n) is 5.31. The molecule has 0 atom stereocenters. The molecule has 6 heteroatoms. The summed E-state index contributed by atoms with van der Waals surface area (Å²) in [5.74, 6) is -0.501. The Balaban J connectivity index is 2.63. The molecule has 3 rings (SSSR count). The number of hydrogen-bond donors (Lipinski definition) is 0. The van der Waals surface area contributed by atoms with Crippen molar-refractivity contribution in [2.24, 2.45) is 0 Å². The topological polar surface area (TPSA) is 61.8 Å². The third-order valence-corrected chi connectivity index (χ3v) is 7.29. The van der Waals surface area contributed by atoms with E-state index < -0.39 is 20.0 Å². The summed E-state index contributed by atoms with van der Waals surface area (Å²) >= 11 is 0. The minimum atomic E-state index is -2.17. The van der Waals surface area contributed by atoms with Gasteiger partial charge in [0.05, 0.1) is 40.5 Å². The minimum Gasteiger partial charge on any atom is -0.496 e. The number of methoxy groups -OCH3 is 3. The second-order valence-corrected chi connectivity index (χ2v) is 13.4. The molecule has 0 unspecified atom stereocenters. The highest BCUT2D eigenvalue weighted by Crippen LogP contribution is 2.41. The van der Waals surface area contributed by atoms with Crippen molar-refractivity contribution in [3.63, 3.8) is 0 Å². The Morgan fingerprint density at radius 1 is 0.719 bits per heavy atom. The van der Waals surface area contributed by atoms with Crippen molar-refractivity contribution < 1.29 is 23.8 Å². The first kappa shape index (κ1) is 23.3. The number of hydrogen-bond acceptors (Lipinski definition) is 5. The van der Waals surface area contributed by atoms with E-state index in [1.807, 2.05) is 54.6 Å². The lowest BCUT2D eigenvalue weighted by atomic mass is 9.92. The highest BCUT2D eigenvalue weighted by molar-refractivity contribution is 6.95. The van der Waals surface area contributed by atoms with Gasteiger partial charge in [0, 0.05) is 11.1 Å². The molecule has 0 heterocycles. The molecular weight excluding hydrogens is 420 g/mol. The van der Waals surface area contributed by atoms with E-state index in [0.717, 1.165) is 21.5 Å². The molecule has 0 fully saturated rings. The first-order valence-electron chi connectivity index (χ1n) is 10.3. The van der Waals surface area contributed by atoms with Crippen molar-refractivity contribution in [1.82, 2.24) is 0 Å². The van der Waals surface area contributed by atoms with Gasteiger partial charge in [-0.15, -0.1) is 0 Å². The third kappa shape index (κ3) is 4.32. The number of fused-ring (bicyclic) bond motifs is 1. The average Bonchev–Trinajstić information content (AvgIpc) is 2.80. The van der Waals surface area contributed by atoms with Crippen LogP contribution in [0.5, 0.6) is 0 Å². The molecule has 0 saturated heterocycles. The Hall–Kier alpha value is -3.38. The number of carbonyl (C=O) groups excluding carboxylic acids is 2. The predicted octanol–water partition coefficient (Wildman–Crippen LogP) is 5.81. The van der Waals surface area contributed by atoms with Gasteiger partial charge in [0.1, 0.15) is 5.76 Å². The number of carbonyl (C=O) groups is 2. The van der Waals surface area contributed by atoms with Gasteiger partial charge in [-0.05, 0) is 22.0 Å². The van der Waals surface area contributed by atoms with E-state index in [1.165, 1.54) is 14.2 Å². The summed E-state index contributed by atoms with van der Waals surface area (Å²) in [4.78, 5) is 25.9. The molecule has 0 aliphatic rings. The second-order valence-electron chi connectivity index (χ2n) is 8.40. The molecule has 0 aromatic heterocycles. The van der Waals surface area contributed by atoms with Crippen molar-refractivity contribution in [3.8, 4) is 0 Å². The molecule has 0 radical (unpaired) electrons. The average molecular weight is 449 g/mol. The van der Waals surface area contributed by atoms with Gasteiger partial charge in [0.15, 0.2) is 0 Å². The van der Waals surface area contributed by atoms with E-state index >= 15 is 0 Å². The van der Waals surface area contributed by atoms with E-state index in [9.17, 15) is 9.59 Å². The summed E-state index contributed by atoms with van der Waals surface area (Å²) in [5, 5.41) is 2.60. The molecule has 0 saturated carbocycles. The monoisotopic (exact) mass is 448 g/mol. The van der Waals surface area contributed by atoms with Crippen LogP contribution >= 0.6 is 0 Å². The Kier molecular flexibility index (Phi) is 6.84. The van der Waals surface area contributed by atoms with Gasteiger partial charge in [-0.3, -0.25) is 0 Å². The molecule has 0 aliphatic carbocycles. The maximum Gasteiger partial charge on any atom is 0.339 e. The zero-order chi connectivity index (χ0) is 23.5. The van der Waals surface area contributed by atoms with E-state index in [1.54, 1.807) is 13.2 Å². The Labute approximate surface area is 189 Å². The Bertz CT molecular complexity index is 1190. The van der Waals surface area contributed by atoms with Crippen LogP contribution in [0.1, 0.15) is 31.8 Å². The van der Waals surface area contributed by atoms with E-state index in [4.69, 9.17) is 14.2 Å². The van der Waals surface area contributed by atoms with Gasteiger partial charge in [0.25, 0.3) is 0 Å². The molecule has 5 nitrogen and oxygen atoms in total. The normalized spacial score (nSPS) is 12.2. The van der Waals surface area contributed by atoms with Crippen LogP contribution in [-0.2, 0) is 14.2 Å². The largest absolute Gasteiger partial charge is 0.496 e. The minimum absolute atomic E-state index is 0.173. The van der Waals surface area contributed by atoms with Crippen molar-refractivity contribution >= 4 is 41.7 Å². The van der Waals surface area contributed by atoms with Crippen molar-refractivity contribution in [3.05, 3.63) is 82.9 Å². The van der Waals surface area contributed by atoms with Crippen LogP contribution in [0.15, 0.2) is 60.7 Å². The molecular formula is C26H28O5Si. The van der Waals surface area contributed by atoms with Gasteiger partial charge in [-0.25, -0.2) is 9.59 Å². The van der Waals surface area contributed by atoms with E-state index in [0.29, 0.717) is 11.3 Å². The van der Waals surface area contributed by atoms with E-state index in [2.05, 4.69) is 19.6 Å².